The molecule has 8 nitrogen and oxygen atoms in total. The van der Waals surface area contributed by atoms with Gasteiger partial charge in [0, 0.05) is 6.42 Å². The van der Waals surface area contributed by atoms with Crippen LogP contribution in [0.2, 0.25) is 0 Å². The highest BCUT2D eigenvalue weighted by molar-refractivity contribution is 7.97. The van der Waals surface area contributed by atoms with Crippen LogP contribution in [0.4, 0.5) is 0 Å². The van der Waals surface area contributed by atoms with E-state index in [-0.39, 0.29) is 5.70 Å². The van der Waals surface area contributed by atoms with Crippen LogP contribution in [0.1, 0.15) is 11.4 Å². The summed E-state index contributed by atoms with van der Waals surface area (Å²) in [4.78, 5) is 15.2. The Balaban J connectivity index is 1.81. The van der Waals surface area contributed by atoms with Gasteiger partial charge in [-0.2, -0.15) is 0 Å². The van der Waals surface area contributed by atoms with Crippen LogP contribution in [0.3, 0.4) is 0 Å². The van der Waals surface area contributed by atoms with E-state index >= 15 is 0 Å². The van der Waals surface area contributed by atoms with E-state index in [0.717, 1.165) is 26.3 Å². The second-order valence-electron chi connectivity index (χ2n) is 9.19. The number of carbonyl (C=O) groups excluding carboxylic acids is 1. The fourth-order valence-corrected chi connectivity index (χ4v) is 9.76. The molecule has 9 heteroatoms. The lowest BCUT2D eigenvalue weighted by Gasteiger charge is -2.34. The predicted octanol–water partition coefficient (Wildman–Crippen LogP) is 2.93. The number of hydrogen-bond donors (Lipinski definition) is 0. The Hall–Kier alpha value is -4.81. The predicted molar refractivity (Wildman–Crippen MR) is 158 cm³/mol. The molecule has 0 bridgehead atoms. The summed E-state index contributed by atoms with van der Waals surface area (Å²) in [6, 6.07) is 38.9. The molecule has 4 aromatic carbocycles. The van der Waals surface area contributed by atoms with Crippen molar-refractivity contribution >= 4 is 34.8 Å². The minimum absolute atomic E-state index is 0.0731. The first-order chi connectivity index (χ1) is 20.1. The summed E-state index contributed by atoms with van der Waals surface area (Å²) < 4.78 is 10.7. The van der Waals surface area contributed by atoms with E-state index in [4.69, 9.17) is 9.47 Å². The molecular formula is C32H29N4O4P. The Morgan fingerprint density at radius 1 is 0.756 bits per heavy atom. The van der Waals surface area contributed by atoms with Gasteiger partial charge in [0.25, 0.3) is 0 Å². The molecule has 0 saturated carbocycles. The van der Waals surface area contributed by atoms with Crippen LogP contribution >= 0.6 is 7.26 Å². The van der Waals surface area contributed by atoms with Crippen molar-refractivity contribution in [2.24, 2.45) is 0 Å². The van der Waals surface area contributed by atoms with Crippen molar-refractivity contribution in [3.8, 4) is 0 Å². The standard InChI is InChI=1S/C32H29N4O4P/c1-39-31(37)29(36-34-28(33-35-36)23-24-15-7-3-8-16-24)30(32(38)40-2)41(25-17-9-4-10-18-25,26-19-11-5-12-20-26)27-21-13-6-14-22-27/h3-22,30H,23H2,1-2H3/b31-29-. The highest BCUT2D eigenvalue weighted by Crippen LogP contribution is 2.62. The van der Waals surface area contributed by atoms with Crippen LogP contribution in [0.5, 0.6) is 0 Å². The molecule has 0 aliphatic heterocycles. The van der Waals surface area contributed by atoms with Crippen LogP contribution in [-0.2, 0) is 20.7 Å². The number of hydrogen-bond acceptors (Lipinski definition) is 7. The quantitative estimate of drug-likeness (QED) is 0.146. The molecule has 41 heavy (non-hydrogen) atoms. The molecule has 0 amide bonds. The molecule has 206 valence electrons. The Morgan fingerprint density at radius 3 is 1.66 bits per heavy atom. The molecule has 5 aromatic rings. The minimum Gasteiger partial charge on any atom is -0.615 e. The van der Waals surface area contributed by atoms with Crippen molar-refractivity contribution < 1.29 is 19.4 Å². The van der Waals surface area contributed by atoms with Gasteiger partial charge in [0.15, 0.2) is 5.82 Å². The lowest BCUT2D eigenvalue weighted by Crippen LogP contribution is -2.45. The van der Waals surface area contributed by atoms with Crippen molar-refractivity contribution in [1.82, 2.24) is 20.2 Å². The summed E-state index contributed by atoms with van der Waals surface area (Å²) in [5.74, 6) is -0.974. The van der Waals surface area contributed by atoms with Crippen LogP contribution < -0.4 is 21.0 Å². The van der Waals surface area contributed by atoms with Gasteiger partial charge in [0.1, 0.15) is 28.9 Å². The maximum absolute atomic E-state index is 14.1. The third-order valence-electron chi connectivity index (χ3n) is 6.83. The van der Waals surface area contributed by atoms with E-state index in [9.17, 15) is 9.90 Å². The average molecular weight is 565 g/mol. The Morgan fingerprint density at radius 2 is 1.22 bits per heavy atom. The molecule has 0 spiro atoms. The number of esters is 1. The fourth-order valence-electron chi connectivity index (χ4n) is 5.05. The molecular weight excluding hydrogens is 535 g/mol. The van der Waals surface area contributed by atoms with Gasteiger partial charge < -0.3 is 14.6 Å². The fraction of sp³-hybridized carbons (Fsp3) is 0.125. The number of aromatic nitrogens is 4. The Bertz CT molecular complexity index is 1510. The van der Waals surface area contributed by atoms with Gasteiger partial charge in [-0.05, 0) is 54.3 Å². The van der Waals surface area contributed by atoms with E-state index in [0.29, 0.717) is 12.2 Å². The van der Waals surface area contributed by atoms with Gasteiger partial charge in [-0.15, -0.1) is 15.0 Å². The molecule has 0 saturated heterocycles. The van der Waals surface area contributed by atoms with Crippen molar-refractivity contribution in [2.75, 3.05) is 14.2 Å². The summed E-state index contributed by atoms with van der Waals surface area (Å²) >= 11 is 0. The van der Waals surface area contributed by atoms with Crippen LogP contribution in [0.25, 0.3) is 5.70 Å². The number of rotatable bonds is 10. The van der Waals surface area contributed by atoms with Crippen molar-refractivity contribution in [3.05, 3.63) is 139 Å². The topological polar surface area (TPSA) is 102 Å². The zero-order valence-corrected chi connectivity index (χ0v) is 23.6. The van der Waals surface area contributed by atoms with E-state index in [1.165, 1.54) is 14.2 Å². The smallest absolute Gasteiger partial charge is 0.354 e. The Kier molecular flexibility index (Phi) is 8.51. The van der Waals surface area contributed by atoms with Gasteiger partial charge >= 0.3 is 5.97 Å². The summed E-state index contributed by atoms with van der Waals surface area (Å²) in [7, 11) is -0.438. The molecule has 0 N–H and O–H groups in total. The molecule has 0 radical (unpaired) electrons. The van der Waals surface area contributed by atoms with Crippen LogP contribution in [-0.4, -0.2) is 46.1 Å². The second kappa shape index (κ2) is 12.6. The Labute approximate surface area is 239 Å². The van der Waals surface area contributed by atoms with E-state index in [1.54, 1.807) is 0 Å². The van der Waals surface area contributed by atoms with E-state index in [1.807, 2.05) is 121 Å². The number of tetrazole rings is 1. The molecule has 1 aromatic heterocycles. The normalized spacial score (nSPS) is 12.7. The van der Waals surface area contributed by atoms with Gasteiger partial charge in [0.05, 0.1) is 13.1 Å². The number of methoxy groups -OCH3 is 2. The highest BCUT2D eigenvalue weighted by Gasteiger charge is 2.59. The summed E-state index contributed by atoms with van der Waals surface area (Å²) in [5.41, 5.74) is -0.252. The van der Waals surface area contributed by atoms with Gasteiger partial charge in [-0.25, -0.2) is 4.79 Å². The van der Waals surface area contributed by atoms with Gasteiger partial charge in [0.2, 0.25) is 5.66 Å². The van der Waals surface area contributed by atoms with Crippen LogP contribution in [0, 0.1) is 0 Å². The second-order valence-corrected chi connectivity index (χ2v) is 12.7. The monoisotopic (exact) mass is 564 g/mol. The maximum atomic E-state index is 14.1. The van der Waals surface area contributed by atoms with Crippen molar-refractivity contribution in [3.63, 3.8) is 0 Å². The average Bonchev–Trinajstić information content (AvgIpc) is 3.50. The number of carbonyl (C=O) groups is 1. The number of nitrogens with zero attached hydrogens (tertiary/aromatic N) is 4. The lowest BCUT2D eigenvalue weighted by atomic mass is 10.1. The maximum Gasteiger partial charge on any atom is 0.354 e. The first-order valence-electron chi connectivity index (χ1n) is 13.0. The molecule has 0 fully saturated rings. The SMILES string of the molecule is COC(=O)C(/C(=C(\[O-])OC)n1nnc(Cc2ccccc2)n1)[P+](c1ccccc1)(c1ccccc1)c1ccccc1. The van der Waals surface area contributed by atoms with Gasteiger partial charge in [-0.3, -0.25) is 0 Å². The zero-order valence-electron chi connectivity index (χ0n) is 22.7. The molecule has 0 aliphatic carbocycles. The number of ether oxygens (including phenoxy) is 2. The third-order valence-corrected chi connectivity index (χ3v) is 11.4. The molecule has 5 rings (SSSR count). The molecule has 0 aliphatic rings. The molecule has 1 heterocycles. The highest BCUT2D eigenvalue weighted by atomic mass is 31.2. The summed E-state index contributed by atoms with van der Waals surface area (Å²) in [6.45, 7) is 0. The molecule has 1 unspecified atom stereocenters. The largest absolute Gasteiger partial charge is 0.615 e. The minimum atomic E-state index is -3.02. The summed E-state index contributed by atoms with van der Waals surface area (Å²) in [6.07, 6.45) is 0.397. The zero-order chi connectivity index (χ0) is 28.7. The van der Waals surface area contributed by atoms with Crippen molar-refractivity contribution in [1.29, 1.82) is 0 Å². The van der Waals surface area contributed by atoms with Crippen LogP contribution in [0.15, 0.2) is 127 Å². The first kappa shape index (κ1) is 27.7. The van der Waals surface area contributed by atoms with Gasteiger partial charge in [-0.1, -0.05) is 84.9 Å². The first-order valence-corrected chi connectivity index (χ1v) is 14.9. The third kappa shape index (κ3) is 5.47. The number of benzene rings is 4. The van der Waals surface area contributed by atoms with Crippen molar-refractivity contribution in [2.45, 2.75) is 12.1 Å². The van der Waals surface area contributed by atoms with E-state index in [2.05, 4.69) is 15.4 Å². The lowest BCUT2D eigenvalue weighted by molar-refractivity contribution is -0.352. The summed E-state index contributed by atoms with van der Waals surface area (Å²) in [5, 5.41) is 29.4. The molecule has 1 atom stereocenters. The van der Waals surface area contributed by atoms with E-state index < -0.39 is 24.8 Å².